The summed E-state index contributed by atoms with van der Waals surface area (Å²) in [5.41, 5.74) is 0.925. The molecule has 0 amide bonds. The molecule has 1 unspecified atom stereocenters. The summed E-state index contributed by atoms with van der Waals surface area (Å²) in [7, 11) is -2.91. The minimum atomic E-state index is -2.91. The summed E-state index contributed by atoms with van der Waals surface area (Å²) in [4.78, 5) is 0. The molecule has 1 rings (SSSR count). The maximum absolute atomic E-state index is 11.2. The van der Waals surface area contributed by atoms with Crippen LogP contribution in [0.1, 0.15) is 31.7 Å². The lowest BCUT2D eigenvalue weighted by Crippen LogP contribution is -2.32. The number of sulfone groups is 1. The average Bonchev–Trinajstić information content (AvgIpc) is 2.38. The van der Waals surface area contributed by atoms with Gasteiger partial charge in [-0.1, -0.05) is 36.2 Å². The van der Waals surface area contributed by atoms with Gasteiger partial charge in [0.15, 0.2) is 0 Å². The Morgan fingerprint density at radius 2 is 1.86 bits per heavy atom. The molecule has 1 N–H and O–H groups in total. The average molecular weight is 352 g/mol. The summed E-state index contributed by atoms with van der Waals surface area (Å²) >= 11 is 12.4. The van der Waals surface area contributed by atoms with Crippen LogP contribution in [0, 0.1) is 0 Å². The molecule has 120 valence electrons. The standard InChI is InChI=1S/C15H23Cl2NO2S/c1-3-9-18-12(6-5-10-21(2,19)20)11-13-14(16)7-4-8-15(13)17/h4,7-8,12,18H,3,5-6,9-11H2,1-2H3. The van der Waals surface area contributed by atoms with Gasteiger partial charge in [0, 0.05) is 28.1 Å². The van der Waals surface area contributed by atoms with Gasteiger partial charge in [0.1, 0.15) is 9.84 Å². The zero-order chi connectivity index (χ0) is 15.9. The highest BCUT2D eigenvalue weighted by Gasteiger charge is 2.14. The van der Waals surface area contributed by atoms with Gasteiger partial charge >= 0.3 is 0 Å². The van der Waals surface area contributed by atoms with Gasteiger partial charge in [-0.25, -0.2) is 8.42 Å². The van der Waals surface area contributed by atoms with E-state index in [0.717, 1.165) is 24.9 Å². The largest absolute Gasteiger partial charge is 0.314 e. The third kappa shape index (κ3) is 7.50. The summed E-state index contributed by atoms with van der Waals surface area (Å²) in [6, 6.07) is 5.67. The normalized spacial score (nSPS) is 13.3. The van der Waals surface area contributed by atoms with Crippen LogP contribution in [0.15, 0.2) is 18.2 Å². The topological polar surface area (TPSA) is 46.2 Å². The van der Waals surface area contributed by atoms with Crippen molar-refractivity contribution in [2.45, 2.75) is 38.6 Å². The Hall–Kier alpha value is -0.290. The number of benzene rings is 1. The van der Waals surface area contributed by atoms with Gasteiger partial charge < -0.3 is 5.32 Å². The first-order valence-electron chi connectivity index (χ1n) is 7.17. The number of nitrogens with one attached hydrogen (secondary N) is 1. The molecule has 1 aromatic carbocycles. The second-order valence-electron chi connectivity index (χ2n) is 5.33. The van der Waals surface area contributed by atoms with Crippen molar-refractivity contribution in [1.82, 2.24) is 5.32 Å². The molecule has 0 saturated carbocycles. The lowest BCUT2D eigenvalue weighted by Gasteiger charge is -2.20. The van der Waals surface area contributed by atoms with E-state index in [2.05, 4.69) is 12.2 Å². The fraction of sp³-hybridized carbons (Fsp3) is 0.600. The lowest BCUT2D eigenvalue weighted by atomic mass is 10.0. The van der Waals surface area contributed by atoms with E-state index in [-0.39, 0.29) is 11.8 Å². The maximum atomic E-state index is 11.2. The van der Waals surface area contributed by atoms with Crippen LogP contribution < -0.4 is 5.32 Å². The minimum absolute atomic E-state index is 0.184. The van der Waals surface area contributed by atoms with Gasteiger partial charge in [-0.15, -0.1) is 0 Å². The quantitative estimate of drug-likeness (QED) is 0.737. The number of hydrogen-bond acceptors (Lipinski definition) is 3. The van der Waals surface area contributed by atoms with E-state index >= 15 is 0 Å². The first kappa shape index (κ1) is 18.8. The Labute approximate surface area is 137 Å². The summed E-state index contributed by atoms with van der Waals surface area (Å²) in [5.74, 6) is 0.216. The highest BCUT2D eigenvalue weighted by Crippen LogP contribution is 2.26. The molecule has 0 fully saturated rings. The third-order valence-electron chi connectivity index (χ3n) is 3.26. The third-order valence-corrected chi connectivity index (χ3v) is 5.00. The first-order chi connectivity index (χ1) is 9.83. The zero-order valence-corrected chi connectivity index (χ0v) is 14.9. The zero-order valence-electron chi connectivity index (χ0n) is 12.5. The van der Waals surface area contributed by atoms with E-state index < -0.39 is 9.84 Å². The molecule has 0 aliphatic carbocycles. The molecule has 0 bridgehead atoms. The highest BCUT2D eigenvalue weighted by molar-refractivity contribution is 7.90. The number of hydrogen-bond donors (Lipinski definition) is 1. The molecule has 1 aromatic rings. The van der Waals surface area contributed by atoms with Crippen molar-refractivity contribution in [2.75, 3.05) is 18.6 Å². The van der Waals surface area contributed by atoms with Crippen LogP contribution in [-0.4, -0.2) is 33.0 Å². The van der Waals surface area contributed by atoms with Gasteiger partial charge in [0.25, 0.3) is 0 Å². The Kier molecular flexibility index (Phi) is 8.03. The summed E-state index contributed by atoms with van der Waals surface area (Å²) in [5, 5.41) is 4.77. The Bertz CT molecular complexity index is 526. The molecule has 0 aliphatic heterocycles. The molecule has 0 radical (unpaired) electrons. The van der Waals surface area contributed by atoms with Crippen molar-refractivity contribution in [3.8, 4) is 0 Å². The predicted octanol–water partition coefficient (Wildman–Crippen LogP) is 3.73. The lowest BCUT2D eigenvalue weighted by molar-refractivity contribution is 0.472. The number of halogens is 2. The molecule has 3 nitrogen and oxygen atoms in total. The molecule has 6 heteroatoms. The second-order valence-corrected chi connectivity index (χ2v) is 8.40. The molecule has 0 aliphatic rings. The summed E-state index contributed by atoms with van der Waals surface area (Å²) < 4.78 is 22.5. The van der Waals surface area contributed by atoms with Crippen molar-refractivity contribution < 1.29 is 8.42 Å². The first-order valence-corrected chi connectivity index (χ1v) is 9.99. The molecule has 0 aromatic heterocycles. The van der Waals surface area contributed by atoms with E-state index in [4.69, 9.17) is 23.2 Å². The number of rotatable bonds is 9. The molecule has 0 heterocycles. The molecule has 1 atom stereocenters. The van der Waals surface area contributed by atoms with Gasteiger partial charge in [0.2, 0.25) is 0 Å². The minimum Gasteiger partial charge on any atom is -0.314 e. The van der Waals surface area contributed by atoms with Crippen molar-refractivity contribution >= 4 is 33.0 Å². The monoisotopic (exact) mass is 351 g/mol. The van der Waals surface area contributed by atoms with Crippen LogP contribution in [0.2, 0.25) is 10.0 Å². The Balaban J connectivity index is 2.69. The smallest absolute Gasteiger partial charge is 0.147 e. The van der Waals surface area contributed by atoms with Crippen LogP contribution in [0.3, 0.4) is 0 Å². The van der Waals surface area contributed by atoms with E-state index in [1.54, 1.807) is 0 Å². The van der Waals surface area contributed by atoms with Gasteiger partial charge in [-0.3, -0.25) is 0 Å². The molecule has 21 heavy (non-hydrogen) atoms. The molecule has 0 saturated heterocycles. The van der Waals surface area contributed by atoms with Gasteiger partial charge in [-0.05, 0) is 49.9 Å². The van der Waals surface area contributed by atoms with Crippen molar-refractivity contribution in [2.24, 2.45) is 0 Å². The molecular formula is C15H23Cl2NO2S. The summed E-state index contributed by atoms with van der Waals surface area (Å²) in [6.07, 6.45) is 4.43. The fourth-order valence-electron chi connectivity index (χ4n) is 2.19. The SMILES string of the molecule is CCCNC(CCCS(C)(=O)=O)Cc1c(Cl)cccc1Cl. The van der Waals surface area contributed by atoms with E-state index in [1.807, 2.05) is 18.2 Å². The van der Waals surface area contributed by atoms with Crippen LogP contribution in [-0.2, 0) is 16.3 Å². The van der Waals surface area contributed by atoms with Crippen molar-refractivity contribution in [3.05, 3.63) is 33.8 Å². The molecule has 0 spiro atoms. The van der Waals surface area contributed by atoms with E-state index in [9.17, 15) is 8.42 Å². The van der Waals surface area contributed by atoms with E-state index in [1.165, 1.54) is 6.26 Å². The van der Waals surface area contributed by atoms with E-state index in [0.29, 0.717) is 22.9 Å². The van der Waals surface area contributed by atoms with Gasteiger partial charge in [0.05, 0.1) is 0 Å². The van der Waals surface area contributed by atoms with Gasteiger partial charge in [-0.2, -0.15) is 0 Å². The second kappa shape index (κ2) is 8.99. The molecular weight excluding hydrogens is 329 g/mol. The fourth-order valence-corrected chi connectivity index (χ4v) is 3.43. The van der Waals surface area contributed by atoms with Crippen LogP contribution >= 0.6 is 23.2 Å². The highest BCUT2D eigenvalue weighted by atomic mass is 35.5. The van der Waals surface area contributed by atoms with Crippen molar-refractivity contribution in [3.63, 3.8) is 0 Å². The Morgan fingerprint density at radius 1 is 1.24 bits per heavy atom. The summed E-state index contributed by atoms with van der Waals surface area (Å²) in [6.45, 7) is 2.99. The predicted molar refractivity (Wildman–Crippen MR) is 91.2 cm³/mol. The van der Waals surface area contributed by atoms with Crippen molar-refractivity contribution in [1.29, 1.82) is 0 Å². The van der Waals surface area contributed by atoms with Crippen LogP contribution in [0.4, 0.5) is 0 Å². The maximum Gasteiger partial charge on any atom is 0.147 e. The van der Waals surface area contributed by atoms with Crippen LogP contribution in [0.25, 0.3) is 0 Å². The Morgan fingerprint density at radius 3 is 2.38 bits per heavy atom. The van der Waals surface area contributed by atoms with Crippen LogP contribution in [0.5, 0.6) is 0 Å².